The highest BCUT2D eigenvalue weighted by Gasteiger charge is 1.92. The van der Waals surface area contributed by atoms with Gasteiger partial charge in [0.15, 0.2) is 0 Å². The zero-order valence-electron chi connectivity index (χ0n) is 5.55. The SMILES string of the molecule is C/C(C#N)=C\C(C)C#N. The van der Waals surface area contributed by atoms with Crippen LogP contribution in [-0.2, 0) is 0 Å². The van der Waals surface area contributed by atoms with E-state index in [4.69, 9.17) is 10.5 Å². The molecule has 46 valence electrons. The van der Waals surface area contributed by atoms with Crippen LogP contribution in [0.3, 0.4) is 0 Å². The smallest absolute Gasteiger partial charge is 0.0941 e. The molecular formula is C7H8N2. The molecule has 0 spiro atoms. The summed E-state index contributed by atoms with van der Waals surface area (Å²) in [6.07, 6.45) is 1.64. The first-order chi connectivity index (χ1) is 4.20. The molecule has 0 aliphatic rings. The van der Waals surface area contributed by atoms with Crippen molar-refractivity contribution in [1.82, 2.24) is 0 Å². The first kappa shape index (κ1) is 7.72. The second kappa shape index (κ2) is 3.69. The van der Waals surface area contributed by atoms with Gasteiger partial charge in [-0.05, 0) is 13.8 Å². The Labute approximate surface area is 55.0 Å². The van der Waals surface area contributed by atoms with E-state index in [0.717, 1.165) is 0 Å². The topological polar surface area (TPSA) is 47.6 Å². The second-order valence-electron chi connectivity index (χ2n) is 1.88. The van der Waals surface area contributed by atoms with Gasteiger partial charge in [0.05, 0.1) is 18.1 Å². The van der Waals surface area contributed by atoms with Crippen LogP contribution in [0.2, 0.25) is 0 Å². The van der Waals surface area contributed by atoms with Crippen LogP contribution in [0.25, 0.3) is 0 Å². The van der Waals surface area contributed by atoms with Crippen molar-refractivity contribution >= 4 is 0 Å². The normalized spacial score (nSPS) is 13.6. The minimum atomic E-state index is -0.148. The molecule has 0 aromatic rings. The molecule has 0 bridgehead atoms. The molecule has 0 aliphatic heterocycles. The molecule has 0 aliphatic carbocycles. The maximum Gasteiger partial charge on any atom is 0.0941 e. The van der Waals surface area contributed by atoms with Gasteiger partial charge in [-0.25, -0.2) is 0 Å². The number of rotatable bonds is 1. The van der Waals surface area contributed by atoms with Crippen LogP contribution in [0.1, 0.15) is 13.8 Å². The summed E-state index contributed by atoms with van der Waals surface area (Å²) in [6.45, 7) is 3.44. The lowest BCUT2D eigenvalue weighted by atomic mass is 10.1. The van der Waals surface area contributed by atoms with Crippen molar-refractivity contribution in [3.05, 3.63) is 11.6 Å². The molecule has 0 N–H and O–H groups in total. The Kier molecular flexibility index (Phi) is 3.16. The zero-order valence-corrected chi connectivity index (χ0v) is 5.55. The van der Waals surface area contributed by atoms with E-state index in [1.54, 1.807) is 19.9 Å². The standard InChI is InChI=1S/C7H8N2/c1-6(4-8)3-7(2)5-9/h3,6H,1-2H3/b7-3+. The molecule has 9 heavy (non-hydrogen) atoms. The van der Waals surface area contributed by atoms with Crippen LogP contribution in [0.4, 0.5) is 0 Å². The van der Waals surface area contributed by atoms with Crippen LogP contribution >= 0.6 is 0 Å². The average Bonchev–Trinajstić information content (AvgIpc) is 1.87. The summed E-state index contributed by atoms with van der Waals surface area (Å²) in [7, 11) is 0. The summed E-state index contributed by atoms with van der Waals surface area (Å²) in [5.41, 5.74) is 0.601. The van der Waals surface area contributed by atoms with Gasteiger partial charge in [0.25, 0.3) is 0 Å². The third-order valence-electron chi connectivity index (χ3n) is 0.880. The van der Waals surface area contributed by atoms with Crippen molar-refractivity contribution in [2.24, 2.45) is 5.92 Å². The Balaban J connectivity index is 4.03. The molecule has 0 amide bonds. The monoisotopic (exact) mass is 120 g/mol. The molecule has 0 saturated carbocycles. The van der Waals surface area contributed by atoms with Gasteiger partial charge in [0.1, 0.15) is 0 Å². The fourth-order valence-corrected chi connectivity index (χ4v) is 0.450. The Morgan fingerprint density at radius 1 is 1.56 bits per heavy atom. The van der Waals surface area contributed by atoms with Gasteiger partial charge in [-0.15, -0.1) is 0 Å². The number of nitriles is 2. The summed E-state index contributed by atoms with van der Waals surface area (Å²) in [5, 5.41) is 16.5. The quantitative estimate of drug-likeness (QED) is 0.493. The molecule has 2 nitrogen and oxygen atoms in total. The van der Waals surface area contributed by atoms with Crippen LogP contribution in [-0.4, -0.2) is 0 Å². The van der Waals surface area contributed by atoms with Crippen molar-refractivity contribution in [1.29, 1.82) is 10.5 Å². The highest BCUT2D eigenvalue weighted by molar-refractivity contribution is 5.20. The lowest BCUT2D eigenvalue weighted by Gasteiger charge is -1.88. The second-order valence-corrected chi connectivity index (χ2v) is 1.88. The average molecular weight is 120 g/mol. The van der Waals surface area contributed by atoms with Crippen molar-refractivity contribution in [2.75, 3.05) is 0 Å². The molecule has 2 heteroatoms. The van der Waals surface area contributed by atoms with Gasteiger partial charge >= 0.3 is 0 Å². The first-order valence-electron chi connectivity index (χ1n) is 2.69. The Bertz CT molecular complexity index is 190. The van der Waals surface area contributed by atoms with E-state index in [1.165, 1.54) is 0 Å². The largest absolute Gasteiger partial charge is 0.198 e. The van der Waals surface area contributed by atoms with Crippen LogP contribution in [0.5, 0.6) is 0 Å². The summed E-state index contributed by atoms with van der Waals surface area (Å²) in [6, 6.07) is 3.94. The predicted octanol–water partition coefficient (Wildman–Crippen LogP) is 1.62. The van der Waals surface area contributed by atoms with E-state index in [2.05, 4.69) is 0 Å². The summed E-state index contributed by atoms with van der Waals surface area (Å²) in [4.78, 5) is 0. The first-order valence-corrected chi connectivity index (χ1v) is 2.69. The molecule has 0 fully saturated rings. The molecule has 1 unspecified atom stereocenters. The lowest BCUT2D eigenvalue weighted by molar-refractivity contribution is 0.947. The number of hydrogen-bond acceptors (Lipinski definition) is 2. The zero-order chi connectivity index (χ0) is 7.28. The summed E-state index contributed by atoms with van der Waals surface area (Å²) < 4.78 is 0. The van der Waals surface area contributed by atoms with Crippen molar-refractivity contribution in [3.8, 4) is 12.1 Å². The molecular weight excluding hydrogens is 112 g/mol. The highest BCUT2D eigenvalue weighted by atomic mass is 14.3. The Morgan fingerprint density at radius 2 is 2.11 bits per heavy atom. The maximum absolute atomic E-state index is 8.28. The third kappa shape index (κ3) is 3.32. The Hall–Kier alpha value is -1.28. The molecule has 0 radical (unpaired) electrons. The molecule has 0 heterocycles. The van der Waals surface area contributed by atoms with Crippen molar-refractivity contribution in [3.63, 3.8) is 0 Å². The van der Waals surface area contributed by atoms with Gasteiger partial charge in [-0.1, -0.05) is 6.08 Å². The minimum absolute atomic E-state index is 0.148. The number of allylic oxidation sites excluding steroid dienone is 2. The summed E-state index contributed by atoms with van der Waals surface area (Å²) >= 11 is 0. The van der Waals surface area contributed by atoms with E-state index in [1.807, 2.05) is 12.1 Å². The van der Waals surface area contributed by atoms with Crippen LogP contribution < -0.4 is 0 Å². The minimum Gasteiger partial charge on any atom is -0.198 e. The summed E-state index contributed by atoms with van der Waals surface area (Å²) in [5.74, 6) is -0.148. The van der Waals surface area contributed by atoms with E-state index < -0.39 is 0 Å². The van der Waals surface area contributed by atoms with E-state index in [-0.39, 0.29) is 5.92 Å². The van der Waals surface area contributed by atoms with Crippen molar-refractivity contribution in [2.45, 2.75) is 13.8 Å². The molecule has 0 saturated heterocycles. The van der Waals surface area contributed by atoms with Gasteiger partial charge in [0.2, 0.25) is 0 Å². The molecule has 0 aromatic heterocycles. The van der Waals surface area contributed by atoms with Crippen LogP contribution in [0.15, 0.2) is 11.6 Å². The van der Waals surface area contributed by atoms with E-state index >= 15 is 0 Å². The Morgan fingerprint density at radius 3 is 2.44 bits per heavy atom. The molecule has 1 atom stereocenters. The number of hydrogen-bond donors (Lipinski definition) is 0. The van der Waals surface area contributed by atoms with Crippen molar-refractivity contribution < 1.29 is 0 Å². The van der Waals surface area contributed by atoms with E-state index in [0.29, 0.717) is 5.57 Å². The van der Waals surface area contributed by atoms with Crippen LogP contribution in [0, 0.1) is 28.6 Å². The van der Waals surface area contributed by atoms with Gasteiger partial charge in [-0.2, -0.15) is 10.5 Å². The molecule has 0 aromatic carbocycles. The van der Waals surface area contributed by atoms with Gasteiger partial charge < -0.3 is 0 Å². The maximum atomic E-state index is 8.28. The van der Waals surface area contributed by atoms with Gasteiger partial charge in [0, 0.05) is 5.57 Å². The lowest BCUT2D eigenvalue weighted by Crippen LogP contribution is -1.83. The fraction of sp³-hybridized carbons (Fsp3) is 0.429. The van der Waals surface area contributed by atoms with E-state index in [9.17, 15) is 0 Å². The number of nitrogens with zero attached hydrogens (tertiary/aromatic N) is 2. The van der Waals surface area contributed by atoms with Gasteiger partial charge in [-0.3, -0.25) is 0 Å². The molecule has 0 rings (SSSR count). The predicted molar refractivity (Wildman–Crippen MR) is 34.1 cm³/mol. The fourth-order valence-electron chi connectivity index (χ4n) is 0.450. The highest BCUT2D eigenvalue weighted by Crippen LogP contribution is 1.98. The third-order valence-corrected chi connectivity index (χ3v) is 0.880.